The molecule has 2 N–H and O–H groups in total. The number of methoxy groups -OCH3 is 1. The van der Waals surface area contributed by atoms with Gasteiger partial charge in [-0.3, -0.25) is 4.68 Å². The Labute approximate surface area is 122 Å². The fourth-order valence-corrected chi connectivity index (χ4v) is 2.96. The van der Waals surface area contributed by atoms with E-state index in [4.69, 9.17) is 10.5 Å². The lowest BCUT2D eigenvalue weighted by Gasteiger charge is -2.10. The Morgan fingerprint density at radius 2 is 2.05 bits per heavy atom. The van der Waals surface area contributed by atoms with Gasteiger partial charge in [0, 0.05) is 17.6 Å². The van der Waals surface area contributed by atoms with E-state index < -0.39 is 5.97 Å². The van der Waals surface area contributed by atoms with Gasteiger partial charge in [0.05, 0.1) is 23.4 Å². The molecule has 0 bridgehead atoms. The molecule has 0 amide bonds. The Balaban J connectivity index is 2.40. The molecule has 6 heteroatoms. The monoisotopic (exact) mass is 291 g/mol. The minimum atomic E-state index is -0.422. The van der Waals surface area contributed by atoms with E-state index >= 15 is 0 Å². The van der Waals surface area contributed by atoms with E-state index in [1.165, 1.54) is 18.9 Å². The average molecular weight is 291 g/mol. The van der Waals surface area contributed by atoms with Crippen LogP contribution in [0.4, 0.5) is 5.69 Å². The molecule has 1 heterocycles. The zero-order valence-corrected chi connectivity index (χ0v) is 12.7. The molecule has 0 atom stereocenters. The SMILES string of the molecule is COC(=O)c1cc(Sc2cc(C)nn2C)cc(C)c1N. The molecular formula is C14H17N3O2S. The number of hydrogen-bond donors (Lipinski definition) is 1. The van der Waals surface area contributed by atoms with Crippen molar-refractivity contribution in [2.45, 2.75) is 23.8 Å². The van der Waals surface area contributed by atoms with Gasteiger partial charge in [0.1, 0.15) is 0 Å². The van der Waals surface area contributed by atoms with Crippen LogP contribution in [0.15, 0.2) is 28.1 Å². The van der Waals surface area contributed by atoms with Crippen LogP contribution < -0.4 is 5.73 Å². The summed E-state index contributed by atoms with van der Waals surface area (Å²) in [6.07, 6.45) is 0. The topological polar surface area (TPSA) is 70.1 Å². The van der Waals surface area contributed by atoms with Crippen LogP contribution in [-0.2, 0) is 11.8 Å². The summed E-state index contributed by atoms with van der Waals surface area (Å²) in [5.74, 6) is -0.422. The molecule has 20 heavy (non-hydrogen) atoms. The molecule has 0 saturated carbocycles. The lowest BCUT2D eigenvalue weighted by Crippen LogP contribution is -2.07. The van der Waals surface area contributed by atoms with Gasteiger partial charge in [-0.05, 0) is 37.6 Å². The third-order valence-corrected chi connectivity index (χ3v) is 4.01. The van der Waals surface area contributed by atoms with Gasteiger partial charge >= 0.3 is 5.97 Å². The summed E-state index contributed by atoms with van der Waals surface area (Å²) < 4.78 is 6.57. The van der Waals surface area contributed by atoms with E-state index in [0.717, 1.165) is 21.2 Å². The zero-order valence-electron chi connectivity index (χ0n) is 11.9. The highest BCUT2D eigenvalue weighted by atomic mass is 32.2. The van der Waals surface area contributed by atoms with Crippen LogP contribution in [0.3, 0.4) is 0 Å². The van der Waals surface area contributed by atoms with Crippen molar-refractivity contribution in [2.24, 2.45) is 7.05 Å². The second-order valence-electron chi connectivity index (χ2n) is 4.54. The maximum atomic E-state index is 11.7. The average Bonchev–Trinajstić information content (AvgIpc) is 2.71. The maximum absolute atomic E-state index is 11.7. The predicted molar refractivity (Wildman–Crippen MR) is 79.0 cm³/mol. The van der Waals surface area contributed by atoms with Crippen molar-refractivity contribution in [3.8, 4) is 0 Å². The molecule has 106 valence electrons. The molecule has 1 aromatic heterocycles. The third kappa shape index (κ3) is 2.80. The Bertz CT molecular complexity index is 665. The number of benzene rings is 1. The van der Waals surface area contributed by atoms with E-state index in [-0.39, 0.29) is 0 Å². The molecule has 2 aromatic rings. The molecule has 0 aliphatic carbocycles. The number of carbonyl (C=O) groups is 1. The number of aromatic nitrogens is 2. The van der Waals surface area contributed by atoms with Crippen molar-refractivity contribution < 1.29 is 9.53 Å². The number of rotatable bonds is 3. The van der Waals surface area contributed by atoms with Crippen molar-refractivity contribution in [1.82, 2.24) is 9.78 Å². The van der Waals surface area contributed by atoms with E-state index in [9.17, 15) is 4.79 Å². The Kier molecular flexibility index (Phi) is 4.04. The van der Waals surface area contributed by atoms with Crippen molar-refractivity contribution >= 4 is 23.4 Å². The largest absolute Gasteiger partial charge is 0.465 e. The number of nitrogens with zero attached hydrogens (tertiary/aromatic N) is 2. The van der Waals surface area contributed by atoms with Gasteiger partial charge < -0.3 is 10.5 Å². The molecule has 2 rings (SSSR count). The molecule has 0 spiro atoms. The highest BCUT2D eigenvalue weighted by Crippen LogP contribution is 2.32. The highest BCUT2D eigenvalue weighted by Gasteiger charge is 2.15. The summed E-state index contributed by atoms with van der Waals surface area (Å²) in [5.41, 5.74) is 8.60. The smallest absolute Gasteiger partial charge is 0.340 e. The minimum absolute atomic E-state index is 0.397. The molecule has 0 radical (unpaired) electrons. The molecule has 0 aliphatic heterocycles. The number of anilines is 1. The van der Waals surface area contributed by atoms with Gasteiger partial charge in [0.15, 0.2) is 0 Å². The zero-order chi connectivity index (χ0) is 14.9. The Morgan fingerprint density at radius 3 is 2.60 bits per heavy atom. The van der Waals surface area contributed by atoms with Crippen LogP contribution in [-0.4, -0.2) is 22.9 Å². The van der Waals surface area contributed by atoms with E-state index in [1.54, 1.807) is 6.07 Å². The van der Waals surface area contributed by atoms with Gasteiger partial charge in [-0.25, -0.2) is 4.79 Å². The number of nitrogens with two attached hydrogens (primary N) is 1. The number of esters is 1. The normalized spacial score (nSPS) is 10.6. The lowest BCUT2D eigenvalue weighted by molar-refractivity contribution is 0.0601. The first-order valence-electron chi connectivity index (χ1n) is 6.09. The molecule has 0 aliphatic rings. The molecule has 1 aromatic carbocycles. The number of carbonyl (C=O) groups excluding carboxylic acids is 1. The van der Waals surface area contributed by atoms with E-state index in [1.807, 2.05) is 37.7 Å². The van der Waals surface area contributed by atoms with Crippen molar-refractivity contribution in [1.29, 1.82) is 0 Å². The summed E-state index contributed by atoms with van der Waals surface area (Å²) in [6, 6.07) is 5.70. The van der Waals surface area contributed by atoms with Crippen LogP contribution in [0, 0.1) is 13.8 Å². The lowest BCUT2D eigenvalue weighted by atomic mass is 10.1. The van der Waals surface area contributed by atoms with Gasteiger partial charge in [-0.2, -0.15) is 5.10 Å². The summed E-state index contributed by atoms with van der Waals surface area (Å²) in [7, 11) is 3.24. The van der Waals surface area contributed by atoms with Gasteiger partial charge in [-0.15, -0.1) is 0 Å². The number of hydrogen-bond acceptors (Lipinski definition) is 5. The Hall–Kier alpha value is -1.95. The molecular weight excluding hydrogens is 274 g/mol. The second kappa shape index (κ2) is 5.58. The predicted octanol–water partition coefficient (Wildman–Crippen LogP) is 2.56. The van der Waals surface area contributed by atoms with E-state index in [2.05, 4.69) is 5.10 Å². The van der Waals surface area contributed by atoms with Gasteiger partial charge in [0.25, 0.3) is 0 Å². The molecule has 5 nitrogen and oxygen atoms in total. The fraction of sp³-hybridized carbons (Fsp3) is 0.286. The maximum Gasteiger partial charge on any atom is 0.340 e. The fourth-order valence-electron chi connectivity index (χ4n) is 1.91. The minimum Gasteiger partial charge on any atom is -0.465 e. The van der Waals surface area contributed by atoms with Crippen LogP contribution in [0.2, 0.25) is 0 Å². The van der Waals surface area contributed by atoms with Crippen molar-refractivity contribution in [3.63, 3.8) is 0 Å². The quantitative estimate of drug-likeness (QED) is 0.695. The third-order valence-electron chi connectivity index (χ3n) is 2.95. The molecule has 0 fully saturated rings. The van der Waals surface area contributed by atoms with E-state index in [0.29, 0.717) is 11.3 Å². The van der Waals surface area contributed by atoms with Gasteiger partial charge in [0.2, 0.25) is 0 Å². The summed E-state index contributed by atoms with van der Waals surface area (Å²) in [6.45, 7) is 3.82. The standard InChI is InChI=1S/C14H17N3O2S/c1-8-5-10(7-11(13(8)15)14(18)19-4)20-12-6-9(2)16-17(12)3/h5-7H,15H2,1-4H3. The first kappa shape index (κ1) is 14.5. The molecule has 0 unspecified atom stereocenters. The van der Waals surface area contributed by atoms with Crippen LogP contribution in [0.25, 0.3) is 0 Å². The van der Waals surface area contributed by atoms with Gasteiger partial charge in [-0.1, -0.05) is 11.8 Å². The second-order valence-corrected chi connectivity index (χ2v) is 5.64. The number of aryl methyl sites for hydroxylation is 3. The van der Waals surface area contributed by atoms with Crippen molar-refractivity contribution in [3.05, 3.63) is 35.0 Å². The summed E-state index contributed by atoms with van der Waals surface area (Å²) in [5, 5.41) is 5.30. The van der Waals surface area contributed by atoms with Crippen molar-refractivity contribution in [2.75, 3.05) is 12.8 Å². The summed E-state index contributed by atoms with van der Waals surface area (Å²) in [4.78, 5) is 12.7. The first-order valence-corrected chi connectivity index (χ1v) is 6.91. The van der Waals surface area contributed by atoms with Crippen LogP contribution in [0.5, 0.6) is 0 Å². The van der Waals surface area contributed by atoms with Crippen LogP contribution >= 0.6 is 11.8 Å². The summed E-state index contributed by atoms with van der Waals surface area (Å²) >= 11 is 1.54. The Morgan fingerprint density at radius 1 is 1.35 bits per heavy atom. The number of nitrogen functional groups attached to an aromatic ring is 1. The van der Waals surface area contributed by atoms with Crippen LogP contribution in [0.1, 0.15) is 21.6 Å². The number of ether oxygens (including phenoxy) is 1. The molecule has 0 saturated heterocycles. The first-order chi connectivity index (χ1) is 9.42. The highest BCUT2D eigenvalue weighted by molar-refractivity contribution is 7.99.